The van der Waals surface area contributed by atoms with E-state index in [-0.39, 0.29) is 5.91 Å². The molecule has 1 amide bonds. The molecule has 1 unspecified atom stereocenters. The molecule has 2 aromatic rings. The fourth-order valence-electron chi connectivity index (χ4n) is 5.47. The summed E-state index contributed by atoms with van der Waals surface area (Å²) in [7, 11) is 0. The molecule has 0 radical (unpaired) electrons. The van der Waals surface area contributed by atoms with Gasteiger partial charge >= 0.3 is 0 Å². The fourth-order valence-corrected chi connectivity index (χ4v) is 5.47. The third kappa shape index (κ3) is 6.92. The molecule has 0 saturated carbocycles. The molecule has 7 heteroatoms. The lowest BCUT2D eigenvalue weighted by molar-refractivity contribution is 0.0474. The van der Waals surface area contributed by atoms with Crippen molar-refractivity contribution in [1.82, 2.24) is 9.80 Å². The molecule has 2 aromatic carbocycles. The molecule has 2 fully saturated rings. The van der Waals surface area contributed by atoms with Crippen LogP contribution in [0, 0.1) is 17.2 Å². The van der Waals surface area contributed by atoms with Crippen molar-refractivity contribution >= 4 is 5.91 Å². The first-order valence-corrected chi connectivity index (χ1v) is 14.0. The summed E-state index contributed by atoms with van der Waals surface area (Å²) in [6.07, 6.45) is 4.15. The first-order valence-electron chi connectivity index (χ1n) is 14.0. The smallest absolute Gasteiger partial charge is 0.253 e. The maximum Gasteiger partial charge on any atom is 0.253 e. The van der Waals surface area contributed by atoms with Crippen LogP contribution >= 0.6 is 0 Å². The minimum Gasteiger partial charge on any atom is -0.493 e. The summed E-state index contributed by atoms with van der Waals surface area (Å²) in [6, 6.07) is 15.1. The molecule has 204 valence electrons. The van der Waals surface area contributed by atoms with Crippen molar-refractivity contribution < 1.29 is 19.0 Å². The third-order valence-electron chi connectivity index (χ3n) is 8.21. The van der Waals surface area contributed by atoms with Crippen molar-refractivity contribution in [3.8, 4) is 22.9 Å². The summed E-state index contributed by atoms with van der Waals surface area (Å²) < 4.78 is 20.8. The minimum absolute atomic E-state index is 0.0786. The van der Waals surface area contributed by atoms with E-state index in [0.29, 0.717) is 61.9 Å². The van der Waals surface area contributed by atoms with E-state index in [4.69, 9.17) is 4.74 Å². The molecule has 1 N–H and O–H groups in total. The monoisotopic (exact) mass is 521 g/mol. The van der Waals surface area contributed by atoms with E-state index in [1.54, 1.807) is 23.1 Å². The van der Waals surface area contributed by atoms with E-state index in [0.717, 1.165) is 49.9 Å². The number of halogens is 1. The van der Waals surface area contributed by atoms with Crippen LogP contribution in [0.3, 0.4) is 0 Å². The van der Waals surface area contributed by atoms with Crippen LogP contribution < -0.4 is 4.74 Å². The standard InChI is InChI=1S/C31H40FN3O3/c1-3-31(32,4-2)22-34-16-13-23(14-17-34)21-38-28-11-12-29(26(18-28)19-33)24-7-9-25(10-8-24)30(37)35-15-5-6-27(36)20-35/h7-12,18,23,27,36H,3-6,13-17,20-22H2,1-2H3. The van der Waals surface area contributed by atoms with Crippen LogP contribution in [-0.2, 0) is 0 Å². The lowest BCUT2D eigenvalue weighted by atomic mass is 9.94. The number of hydrogen-bond donors (Lipinski definition) is 1. The molecule has 2 saturated heterocycles. The zero-order chi connectivity index (χ0) is 27.1. The van der Waals surface area contributed by atoms with Crippen LogP contribution in [-0.4, -0.2) is 71.9 Å². The average molecular weight is 522 g/mol. The molecule has 6 nitrogen and oxygen atoms in total. The summed E-state index contributed by atoms with van der Waals surface area (Å²) in [5.74, 6) is 1.01. The van der Waals surface area contributed by atoms with Crippen molar-refractivity contribution in [3.63, 3.8) is 0 Å². The van der Waals surface area contributed by atoms with Gasteiger partial charge in [0.05, 0.1) is 24.3 Å². The normalized spacial score (nSPS) is 19.2. The number of aliphatic hydroxyl groups excluding tert-OH is 1. The number of nitrogens with zero attached hydrogens (tertiary/aromatic N) is 3. The minimum atomic E-state index is -1.09. The second-order valence-corrected chi connectivity index (χ2v) is 10.8. The van der Waals surface area contributed by atoms with Gasteiger partial charge in [-0.1, -0.05) is 26.0 Å². The van der Waals surface area contributed by atoms with Crippen LogP contribution in [0.25, 0.3) is 11.1 Å². The van der Waals surface area contributed by atoms with Crippen LogP contribution in [0.2, 0.25) is 0 Å². The van der Waals surface area contributed by atoms with E-state index in [9.17, 15) is 19.6 Å². The van der Waals surface area contributed by atoms with Crippen molar-refractivity contribution in [2.24, 2.45) is 5.92 Å². The van der Waals surface area contributed by atoms with Gasteiger partial charge in [0, 0.05) is 25.2 Å². The predicted octanol–water partition coefficient (Wildman–Crippen LogP) is 5.44. The van der Waals surface area contributed by atoms with Gasteiger partial charge in [-0.05, 0) is 99.0 Å². The number of piperidine rings is 2. The van der Waals surface area contributed by atoms with Gasteiger partial charge in [0.25, 0.3) is 5.91 Å². The number of hydrogen-bond acceptors (Lipinski definition) is 5. The largest absolute Gasteiger partial charge is 0.493 e. The number of likely N-dealkylation sites (tertiary alicyclic amines) is 2. The molecular formula is C31H40FN3O3. The summed E-state index contributed by atoms with van der Waals surface area (Å²) in [6.45, 7) is 7.74. The third-order valence-corrected chi connectivity index (χ3v) is 8.21. The van der Waals surface area contributed by atoms with Gasteiger partial charge in [-0.3, -0.25) is 4.79 Å². The Bertz CT molecular complexity index is 1120. The topological polar surface area (TPSA) is 76.8 Å². The molecule has 0 bridgehead atoms. The molecule has 0 spiro atoms. The molecule has 0 aliphatic carbocycles. The lowest BCUT2D eigenvalue weighted by Crippen LogP contribution is -2.44. The Morgan fingerprint density at radius 2 is 1.82 bits per heavy atom. The highest BCUT2D eigenvalue weighted by Gasteiger charge is 2.30. The quantitative estimate of drug-likeness (QED) is 0.475. The first kappa shape index (κ1) is 28.1. The van der Waals surface area contributed by atoms with E-state index in [2.05, 4.69) is 11.0 Å². The average Bonchev–Trinajstić information content (AvgIpc) is 2.96. The van der Waals surface area contributed by atoms with E-state index in [1.807, 2.05) is 38.1 Å². The Labute approximate surface area is 226 Å². The Hall–Kier alpha value is -2.95. The van der Waals surface area contributed by atoms with Crippen molar-refractivity contribution in [2.45, 2.75) is 64.1 Å². The number of β-amino-alcohol motifs (C(OH)–C–C–N with tert-alkyl or cyclic N) is 1. The number of alkyl halides is 1. The molecule has 2 aliphatic heterocycles. The molecular weight excluding hydrogens is 481 g/mol. The Balaban J connectivity index is 1.33. The molecule has 4 rings (SSSR count). The Kier molecular flexibility index (Phi) is 9.40. The van der Waals surface area contributed by atoms with Gasteiger partial charge < -0.3 is 19.6 Å². The molecule has 2 heterocycles. The highest BCUT2D eigenvalue weighted by molar-refractivity contribution is 5.95. The Morgan fingerprint density at radius 1 is 1.11 bits per heavy atom. The summed E-state index contributed by atoms with van der Waals surface area (Å²) in [4.78, 5) is 16.7. The van der Waals surface area contributed by atoms with Crippen molar-refractivity contribution in [1.29, 1.82) is 5.26 Å². The second kappa shape index (κ2) is 12.7. The van der Waals surface area contributed by atoms with Crippen LogP contribution in [0.15, 0.2) is 42.5 Å². The van der Waals surface area contributed by atoms with Gasteiger partial charge in [-0.25, -0.2) is 4.39 Å². The van der Waals surface area contributed by atoms with Crippen LogP contribution in [0.5, 0.6) is 5.75 Å². The molecule has 2 aliphatic rings. The van der Waals surface area contributed by atoms with Crippen LogP contribution in [0.4, 0.5) is 4.39 Å². The second-order valence-electron chi connectivity index (χ2n) is 10.8. The van der Waals surface area contributed by atoms with Gasteiger partial charge in [-0.2, -0.15) is 5.26 Å². The maximum absolute atomic E-state index is 14.8. The zero-order valence-electron chi connectivity index (χ0n) is 22.7. The highest BCUT2D eigenvalue weighted by atomic mass is 19.1. The zero-order valence-corrected chi connectivity index (χ0v) is 22.7. The summed E-state index contributed by atoms with van der Waals surface area (Å²) >= 11 is 0. The first-order chi connectivity index (χ1) is 18.3. The van der Waals surface area contributed by atoms with E-state index in [1.165, 1.54) is 0 Å². The highest BCUT2D eigenvalue weighted by Crippen LogP contribution is 2.29. The predicted molar refractivity (Wildman–Crippen MR) is 147 cm³/mol. The van der Waals surface area contributed by atoms with Gasteiger partial charge in [-0.15, -0.1) is 0 Å². The fraction of sp³-hybridized carbons (Fsp3) is 0.548. The van der Waals surface area contributed by atoms with Gasteiger partial charge in [0.1, 0.15) is 11.4 Å². The van der Waals surface area contributed by atoms with Crippen LogP contribution in [0.1, 0.15) is 68.3 Å². The van der Waals surface area contributed by atoms with Gasteiger partial charge in [0.2, 0.25) is 0 Å². The lowest BCUT2D eigenvalue weighted by Gasteiger charge is -2.36. The maximum atomic E-state index is 14.8. The van der Waals surface area contributed by atoms with Gasteiger partial charge in [0.15, 0.2) is 0 Å². The number of carbonyl (C=O) groups excluding carboxylic acids is 1. The number of nitriles is 1. The molecule has 38 heavy (non-hydrogen) atoms. The van der Waals surface area contributed by atoms with E-state index < -0.39 is 11.8 Å². The Morgan fingerprint density at radius 3 is 2.45 bits per heavy atom. The number of benzene rings is 2. The van der Waals surface area contributed by atoms with E-state index >= 15 is 0 Å². The van der Waals surface area contributed by atoms with Crippen molar-refractivity contribution in [3.05, 3.63) is 53.6 Å². The molecule has 0 aromatic heterocycles. The summed E-state index contributed by atoms with van der Waals surface area (Å²) in [5.41, 5.74) is 1.66. The SMILES string of the molecule is CCC(F)(CC)CN1CCC(COc2ccc(-c3ccc(C(=O)N4CCCC(O)C4)cc3)c(C#N)c2)CC1. The number of amides is 1. The summed E-state index contributed by atoms with van der Waals surface area (Å²) in [5, 5.41) is 19.7. The number of ether oxygens (including phenoxy) is 1. The molecule has 1 atom stereocenters. The van der Waals surface area contributed by atoms with Crippen molar-refractivity contribution in [2.75, 3.05) is 39.3 Å². The number of aliphatic hydroxyl groups is 1. The number of rotatable bonds is 9. The number of carbonyl (C=O) groups is 1.